The van der Waals surface area contributed by atoms with Crippen LogP contribution in [0.3, 0.4) is 0 Å². The van der Waals surface area contributed by atoms with E-state index in [0.717, 1.165) is 57.8 Å². The molecule has 2 aliphatic rings. The SMILES string of the molecule is Cc1csc(=O)n1CCN1CCCC(CNC(=O)C2CCCN2)C1. The molecule has 2 aliphatic heterocycles. The zero-order chi connectivity index (χ0) is 16.9. The summed E-state index contributed by atoms with van der Waals surface area (Å²) in [6, 6.07) is 0.0122. The summed E-state index contributed by atoms with van der Waals surface area (Å²) in [5.41, 5.74) is 1.05. The average Bonchev–Trinajstić information content (AvgIpc) is 3.22. The van der Waals surface area contributed by atoms with E-state index in [2.05, 4.69) is 15.5 Å². The minimum Gasteiger partial charge on any atom is -0.354 e. The van der Waals surface area contributed by atoms with Crippen molar-refractivity contribution >= 4 is 17.2 Å². The second-order valence-corrected chi connectivity index (χ2v) is 7.82. The van der Waals surface area contributed by atoms with Crippen molar-refractivity contribution in [1.29, 1.82) is 0 Å². The number of amides is 1. The number of hydrogen-bond acceptors (Lipinski definition) is 5. The second-order valence-electron chi connectivity index (χ2n) is 7.00. The predicted molar refractivity (Wildman–Crippen MR) is 96.5 cm³/mol. The molecule has 2 fully saturated rings. The molecule has 24 heavy (non-hydrogen) atoms. The molecular weight excluding hydrogens is 324 g/mol. The van der Waals surface area contributed by atoms with Crippen molar-refractivity contribution in [3.05, 3.63) is 20.7 Å². The first kappa shape index (κ1) is 17.6. The lowest BCUT2D eigenvalue weighted by Gasteiger charge is -2.33. The monoisotopic (exact) mass is 352 g/mol. The van der Waals surface area contributed by atoms with E-state index < -0.39 is 0 Å². The maximum Gasteiger partial charge on any atom is 0.307 e. The normalized spacial score (nSPS) is 25.0. The molecule has 0 radical (unpaired) electrons. The third-order valence-corrected chi connectivity index (χ3v) is 6.04. The molecule has 0 aromatic carbocycles. The number of nitrogens with one attached hydrogen (secondary N) is 2. The Morgan fingerprint density at radius 2 is 2.25 bits per heavy atom. The van der Waals surface area contributed by atoms with Gasteiger partial charge in [0.2, 0.25) is 5.91 Å². The highest BCUT2D eigenvalue weighted by Crippen LogP contribution is 2.16. The summed E-state index contributed by atoms with van der Waals surface area (Å²) in [7, 11) is 0. The molecule has 0 bridgehead atoms. The van der Waals surface area contributed by atoms with Crippen molar-refractivity contribution in [3.63, 3.8) is 0 Å². The van der Waals surface area contributed by atoms with E-state index in [4.69, 9.17) is 0 Å². The van der Waals surface area contributed by atoms with Gasteiger partial charge in [0.15, 0.2) is 0 Å². The van der Waals surface area contributed by atoms with Crippen LogP contribution in [-0.2, 0) is 11.3 Å². The van der Waals surface area contributed by atoms with Crippen LogP contribution in [0.15, 0.2) is 10.2 Å². The Bertz CT molecular complexity index is 606. The lowest BCUT2D eigenvalue weighted by Crippen LogP contribution is -2.46. The van der Waals surface area contributed by atoms with Gasteiger partial charge in [0.05, 0.1) is 6.04 Å². The summed E-state index contributed by atoms with van der Waals surface area (Å²) in [6.45, 7) is 7.49. The van der Waals surface area contributed by atoms with Gasteiger partial charge in [-0.1, -0.05) is 11.3 Å². The number of carbonyl (C=O) groups excluding carboxylic acids is 1. The highest BCUT2D eigenvalue weighted by Gasteiger charge is 2.24. The molecule has 0 spiro atoms. The molecule has 3 rings (SSSR count). The third-order valence-electron chi connectivity index (χ3n) is 5.16. The van der Waals surface area contributed by atoms with Gasteiger partial charge in [-0.15, -0.1) is 0 Å². The number of hydrogen-bond donors (Lipinski definition) is 2. The Morgan fingerprint density at radius 3 is 2.96 bits per heavy atom. The van der Waals surface area contributed by atoms with Gasteiger partial charge >= 0.3 is 4.87 Å². The molecule has 2 atom stereocenters. The van der Waals surface area contributed by atoms with E-state index in [-0.39, 0.29) is 16.8 Å². The summed E-state index contributed by atoms with van der Waals surface area (Å²) >= 11 is 1.28. The van der Waals surface area contributed by atoms with Crippen molar-refractivity contribution in [2.45, 2.75) is 45.2 Å². The van der Waals surface area contributed by atoms with Crippen LogP contribution >= 0.6 is 11.3 Å². The lowest BCUT2D eigenvalue weighted by molar-refractivity contribution is -0.123. The number of nitrogens with zero attached hydrogens (tertiary/aromatic N) is 2. The van der Waals surface area contributed by atoms with Crippen LogP contribution in [0.25, 0.3) is 0 Å². The highest BCUT2D eigenvalue weighted by atomic mass is 32.1. The first-order valence-corrected chi connectivity index (χ1v) is 9.90. The van der Waals surface area contributed by atoms with Gasteiger partial charge in [0, 0.05) is 37.3 Å². The predicted octanol–water partition coefficient (Wildman–Crippen LogP) is 0.798. The maximum absolute atomic E-state index is 12.1. The van der Waals surface area contributed by atoms with Crippen LogP contribution in [0, 0.1) is 12.8 Å². The van der Waals surface area contributed by atoms with Gasteiger partial charge in [-0.25, -0.2) is 0 Å². The first-order valence-electron chi connectivity index (χ1n) is 9.02. The fourth-order valence-electron chi connectivity index (χ4n) is 3.71. The number of aromatic nitrogens is 1. The lowest BCUT2D eigenvalue weighted by atomic mass is 9.98. The molecule has 0 saturated carbocycles. The van der Waals surface area contributed by atoms with Crippen molar-refractivity contribution in [1.82, 2.24) is 20.1 Å². The molecule has 7 heteroatoms. The highest BCUT2D eigenvalue weighted by molar-refractivity contribution is 7.07. The number of carbonyl (C=O) groups is 1. The number of piperidine rings is 1. The Balaban J connectivity index is 1.42. The molecule has 3 heterocycles. The molecule has 1 aromatic heterocycles. The van der Waals surface area contributed by atoms with Crippen LogP contribution in [-0.4, -0.2) is 54.1 Å². The van der Waals surface area contributed by atoms with Crippen molar-refractivity contribution < 1.29 is 4.79 Å². The van der Waals surface area contributed by atoms with E-state index in [9.17, 15) is 9.59 Å². The summed E-state index contributed by atoms with van der Waals surface area (Å²) in [5, 5.41) is 8.29. The first-order chi connectivity index (χ1) is 11.6. The minimum absolute atomic E-state index is 0.0122. The van der Waals surface area contributed by atoms with Crippen LogP contribution in [0.1, 0.15) is 31.4 Å². The van der Waals surface area contributed by atoms with E-state index in [1.165, 1.54) is 24.2 Å². The minimum atomic E-state index is 0.0122. The van der Waals surface area contributed by atoms with E-state index in [1.54, 1.807) is 0 Å². The summed E-state index contributed by atoms with van der Waals surface area (Å²) in [6.07, 6.45) is 4.39. The van der Waals surface area contributed by atoms with Crippen LogP contribution in [0.4, 0.5) is 0 Å². The number of rotatable bonds is 6. The Labute approximate surface area is 147 Å². The van der Waals surface area contributed by atoms with Crippen molar-refractivity contribution in [2.75, 3.05) is 32.7 Å². The molecule has 134 valence electrons. The summed E-state index contributed by atoms with van der Waals surface area (Å²) in [5.74, 6) is 0.675. The standard InChI is InChI=1S/C17H28N4O2S/c1-13-12-24-17(23)21(13)9-8-20-7-3-4-14(11-20)10-19-16(22)15-5-2-6-18-15/h12,14-15,18H,2-11H2,1H3,(H,19,22). The van der Waals surface area contributed by atoms with E-state index in [1.807, 2.05) is 16.9 Å². The van der Waals surface area contributed by atoms with Crippen LogP contribution < -0.4 is 15.5 Å². The zero-order valence-corrected chi connectivity index (χ0v) is 15.2. The largest absolute Gasteiger partial charge is 0.354 e. The second kappa shape index (κ2) is 8.27. The van der Waals surface area contributed by atoms with Crippen LogP contribution in [0.2, 0.25) is 0 Å². The Hall–Kier alpha value is -1.18. The smallest absolute Gasteiger partial charge is 0.307 e. The van der Waals surface area contributed by atoms with E-state index >= 15 is 0 Å². The molecule has 2 unspecified atom stereocenters. The molecule has 1 amide bonds. The molecule has 0 aliphatic carbocycles. The van der Waals surface area contributed by atoms with Gasteiger partial charge in [0.25, 0.3) is 0 Å². The number of thiazole rings is 1. The molecule has 1 aromatic rings. The molecule has 2 saturated heterocycles. The number of likely N-dealkylation sites (tertiary alicyclic amines) is 1. The van der Waals surface area contributed by atoms with Crippen LogP contribution in [0.5, 0.6) is 0 Å². The van der Waals surface area contributed by atoms with Gasteiger partial charge in [-0.3, -0.25) is 9.59 Å². The van der Waals surface area contributed by atoms with E-state index in [0.29, 0.717) is 5.92 Å². The number of aryl methyl sites for hydroxylation is 1. The Morgan fingerprint density at radius 1 is 1.38 bits per heavy atom. The molecule has 6 nitrogen and oxygen atoms in total. The van der Waals surface area contributed by atoms with Gasteiger partial charge in [-0.05, 0) is 51.6 Å². The maximum atomic E-state index is 12.1. The summed E-state index contributed by atoms with van der Waals surface area (Å²) < 4.78 is 1.86. The summed E-state index contributed by atoms with van der Waals surface area (Å²) in [4.78, 5) is 26.5. The van der Waals surface area contributed by atoms with Gasteiger partial charge < -0.3 is 20.1 Å². The topological polar surface area (TPSA) is 66.4 Å². The third kappa shape index (κ3) is 4.46. The van der Waals surface area contributed by atoms with Gasteiger partial charge in [-0.2, -0.15) is 0 Å². The average molecular weight is 353 g/mol. The van der Waals surface area contributed by atoms with Gasteiger partial charge in [0.1, 0.15) is 0 Å². The quantitative estimate of drug-likeness (QED) is 0.795. The Kier molecular flexibility index (Phi) is 6.08. The molecule has 2 N–H and O–H groups in total. The zero-order valence-electron chi connectivity index (χ0n) is 14.4. The van der Waals surface area contributed by atoms with Crippen molar-refractivity contribution in [3.8, 4) is 0 Å². The fourth-order valence-corrected chi connectivity index (χ4v) is 4.47. The molecular formula is C17H28N4O2S. The fraction of sp³-hybridized carbons (Fsp3) is 0.765. The van der Waals surface area contributed by atoms with Crippen molar-refractivity contribution in [2.24, 2.45) is 5.92 Å².